The number of carbonyl (C=O) groups is 1. The Kier molecular flexibility index (Phi) is 5.91. The van der Waals surface area contributed by atoms with Crippen LogP contribution in [0.2, 0.25) is 5.22 Å². The van der Waals surface area contributed by atoms with E-state index in [1.165, 1.54) is 0 Å². The van der Waals surface area contributed by atoms with Gasteiger partial charge in [-0.2, -0.15) is 0 Å². The van der Waals surface area contributed by atoms with Crippen LogP contribution in [0.25, 0.3) is 0 Å². The van der Waals surface area contributed by atoms with Crippen LogP contribution in [0.5, 0.6) is 0 Å². The van der Waals surface area contributed by atoms with Gasteiger partial charge in [0.15, 0.2) is 11.0 Å². The molecule has 1 atom stereocenters. The fraction of sp³-hybridized carbons (Fsp3) is 0.545. The van der Waals surface area contributed by atoms with Crippen molar-refractivity contribution in [3.63, 3.8) is 0 Å². The molecular weight excluding hydrogens is 293 g/mol. The standard InChI is InChI=1S/C11H15BrClNO2/c1-8(7-12)3-2-6-14-11(15)9-4-5-10(13)16-9/h4-5,8H,2-3,6-7H2,1H3,(H,14,15). The molecule has 90 valence electrons. The summed E-state index contributed by atoms with van der Waals surface area (Å²) in [4.78, 5) is 11.5. The van der Waals surface area contributed by atoms with Gasteiger partial charge in [0.2, 0.25) is 0 Å². The highest BCUT2D eigenvalue weighted by Gasteiger charge is 2.09. The molecule has 1 rings (SSSR count). The highest BCUT2D eigenvalue weighted by Crippen LogP contribution is 2.13. The van der Waals surface area contributed by atoms with E-state index in [0.29, 0.717) is 12.5 Å². The lowest BCUT2D eigenvalue weighted by Gasteiger charge is -2.07. The van der Waals surface area contributed by atoms with Gasteiger partial charge in [-0.25, -0.2) is 0 Å². The summed E-state index contributed by atoms with van der Waals surface area (Å²) in [6, 6.07) is 3.13. The largest absolute Gasteiger partial charge is 0.440 e. The summed E-state index contributed by atoms with van der Waals surface area (Å²) >= 11 is 8.99. The topological polar surface area (TPSA) is 42.2 Å². The minimum atomic E-state index is -0.210. The number of hydrogen-bond acceptors (Lipinski definition) is 2. The Morgan fingerprint density at radius 1 is 1.62 bits per heavy atom. The van der Waals surface area contributed by atoms with E-state index in [9.17, 15) is 4.79 Å². The van der Waals surface area contributed by atoms with Crippen LogP contribution in [-0.4, -0.2) is 17.8 Å². The third-order valence-corrected chi connectivity index (χ3v) is 3.53. The molecule has 0 bridgehead atoms. The summed E-state index contributed by atoms with van der Waals surface area (Å²) in [5, 5.41) is 4.01. The molecule has 0 fully saturated rings. The van der Waals surface area contributed by atoms with E-state index in [1.807, 2.05) is 0 Å². The molecule has 0 aliphatic heterocycles. The number of rotatable bonds is 6. The lowest BCUT2D eigenvalue weighted by Crippen LogP contribution is -2.24. The van der Waals surface area contributed by atoms with Crippen LogP contribution < -0.4 is 5.32 Å². The van der Waals surface area contributed by atoms with Gasteiger partial charge in [-0.15, -0.1) is 0 Å². The molecule has 0 aromatic carbocycles. The lowest BCUT2D eigenvalue weighted by atomic mass is 10.1. The van der Waals surface area contributed by atoms with Gasteiger partial charge in [0.25, 0.3) is 5.91 Å². The van der Waals surface area contributed by atoms with Crippen LogP contribution in [0.1, 0.15) is 30.3 Å². The van der Waals surface area contributed by atoms with E-state index < -0.39 is 0 Å². The van der Waals surface area contributed by atoms with Crippen molar-refractivity contribution in [3.8, 4) is 0 Å². The molecule has 16 heavy (non-hydrogen) atoms. The molecule has 1 N–H and O–H groups in total. The quantitative estimate of drug-likeness (QED) is 0.646. The number of carbonyl (C=O) groups excluding carboxylic acids is 1. The first-order valence-corrected chi connectivity index (χ1v) is 6.73. The summed E-state index contributed by atoms with van der Waals surface area (Å²) < 4.78 is 4.99. The second-order valence-electron chi connectivity index (χ2n) is 3.76. The molecule has 1 heterocycles. The van der Waals surface area contributed by atoms with Crippen LogP contribution in [-0.2, 0) is 0 Å². The summed E-state index contributed by atoms with van der Waals surface area (Å²) in [6.45, 7) is 2.83. The summed E-state index contributed by atoms with van der Waals surface area (Å²) in [5.74, 6) is 0.687. The molecule has 1 aromatic rings. The molecule has 3 nitrogen and oxygen atoms in total. The monoisotopic (exact) mass is 307 g/mol. The van der Waals surface area contributed by atoms with Crippen LogP contribution in [0.4, 0.5) is 0 Å². The van der Waals surface area contributed by atoms with Crippen molar-refractivity contribution in [2.75, 3.05) is 11.9 Å². The fourth-order valence-electron chi connectivity index (χ4n) is 1.25. The van der Waals surface area contributed by atoms with E-state index >= 15 is 0 Å². The Hall–Kier alpha value is -0.480. The third-order valence-electron chi connectivity index (χ3n) is 2.22. The number of hydrogen-bond donors (Lipinski definition) is 1. The van der Waals surface area contributed by atoms with Gasteiger partial charge in [0.1, 0.15) is 0 Å². The lowest BCUT2D eigenvalue weighted by molar-refractivity contribution is 0.0925. The van der Waals surface area contributed by atoms with Gasteiger partial charge >= 0.3 is 0 Å². The van der Waals surface area contributed by atoms with Gasteiger partial charge in [-0.1, -0.05) is 22.9 Å². The predicted molar refractivity (Wildman–Crippen MR) is 68.2 cm³/mol. The van der Waals surface area contributed by atoms with Crippen molar-refractivity contribution >= 4 is 33.4 Å². The van der Waals surface area contributed by atoms with Crippen LogP contribution in [0, 0.1) is 5.92 Å². The smallest absolute Gasteiger partial charge is 0.287 e. The molecule has 1 aromatic heterocycles. The number of alkyl halides is 1. The maximum Gasteiger partial charge on any atom is 0.287 e. The Morgan fingerprint density at radius 3 is 2.94 bits per heavy atom. The molecule has 0 saturated carbocycles. The number of amides is 1. The zero-order chi connectivity index (χ0) is 12.0. The van der Waals surface area contributed by atoms with Crippen molar-refractivity contribution in [2.24, 2.45) is 5.92 Å². The van der Waals surface area contributed by atoms with Crippen molar-refractivity contribution in [2.45, 2.75) is 19.8 Å². The molecule has 5 heteroatoms. The normalized spacial score (nSPS) is 12.4. The Morgan fingerprint density at radius 2 is 2.38 bits per heavy atom. The Bertz CT molecular complexity index is 340. The second kappa shape index (κ2) is 6.97. The fourth-order valence-corrected chi connectivity index (χ4v) is 1.72. The first kappa shape index (κ1) is 13.6. The SMILES string of the molecule is CC(CBr)CCCNC(=O)c1ccc(Cl)o1. The maximum absolute atomic E-state index is 11.5. The minimum Gasteiger partial charge on any atom is -0.440 e. The number of furan rings is 1. The molecule has 1 amide bonds. The second-order valence-corrected chi connectivity index (χ2v) is 4.78. The highest BCUT2D eigenvalue weighted by molar-refractivity contribution is 9.09. The van der Waals surface area contributed by atoms with E-state index in [2.05, 4.69) is 28.2 Å². The summed E-state index contributed by atoms with van der Waals surface area (Å²) in [7, 11) is 0. The van der Waals surface area contributed by atoms with Crippen LogP contribution >= 0.6 is 27.5 Å². The molecule has 0 radical (unpaired) electrons. The molecule has 1 unspecified atom stereocenters. The third kappa shape index (κ3) is 4.58. The highest BCUT2D eigenvalue weighted by atomic mass is 79.9. The average molecular weight is 309 g/mol. The van der Waals surface area contributed by atoms with Gasteiger partial charge in [-0.05, 0) is 42.5 Å². The zero-order valence-electron chi connectivity index (χ0n) is 9.13. The molecule has 0 saturated heterocycles. The summed E-state index contributed by atoms with van der Waals surface area (Å²) in [5.41, 5.74) is 0. The first-order chi connectivity index (χ1) is 7.63. The number of nitrogens with one attached hydrogen (secondary N) is 1. The minimum absolute atomic E-state index is 0.210. The Balaban J connectivity index is 2.21. The van der Waals surface area contributed by atoms with Gasteiger partial charge in [-0.3, -0.25) is 4.79 Å². The van der Waals surface area contributed by atoms with Crippen molar-refractivity contribution in [1.29, 1.82) is 0 Å². The van der Waals surface area contributed by atoms with E-state index in [4.69, 9.17) is 16.0 Å². The average Bonchev–Trinajstić information content (AvgIpc) is 2.70. The molecule has 0 aliphatic rings. The van der Waals surface area contributed by atoms with Crippen LogP contribution in [0.3, 0.4) is 0 Å². The Labute approximate surface area is 109 Å². The first-order valence-electron chi connectivity index (χ1n) is 5.23. The van der Waals surface area contributed by atoms with Gasteiger partial charge in [0, 0.05) is 11.9 Å². The number of halogens is 2. The molecular formula is C11H15BrClNO2. The zero-order valence-corrected chi connectivity index (χ0v) is 11.5. The van der Waals surface area contributed by atoms with E-state index in [-0.39, 0.29) is 16.9 Å². The van der Waals surface area contributed by atoms with Crippen molar-refractivity contribution in [3.05, 3.63) is 23.1 Å². The maximum atomic E-state index is 11.5. The van der Waals surface area contributed by atoms with Gasteiger partial charge < -0.3 is 9.73 Å². The molecule has 0 aliphatic carbocycles. The van der Waals surface area contributed by atoms with Crippen LogP contribution in [0.15, 0.2) is 16.5 Å². The van der Waals surface area contributed by atoms with Gasteiger partial charge in [0.05, 0.1) is 0 Å². The van der Waals surface area contributed by atoms with E-state index in [1.54, 1.807) is 12.1 Å². The molecule has 0 spiro atoms. The van der Waals surface area contributed by atoms with E-state index in [0.717, 1.165) is 18.2 Å². The van der Waals surface area contributed by atoms with Crippen molar-refractivity contribution < 1.29 is 9.21 Å². The summed E-state index contributed by atoms with van der Waals surface area (Å²) in [6.07, 6.45) is 2.05. The predicted octanol–water partition coefficient (Wildman–Crippen LogP) is 3.47. The van der Waals surface area contributed by atoms with Crippen molar-refractivity contribution in [1.82, 2.24) is 5.32 Å².